The number of carbonyl (C=O) groups excluding carboxylic acids is 2. The van der Waals surface area contributed by atoms with E-state index in [0.717, 1.165) is 24.4 Å². The van der Waals surface area contributed by atoms with Crippen molar-refractivity contribution < 1.29 is 23.8 Å². The van der Waals surface area contributed by atoms with Gasteiger partial charge in [0.15, 0.2) is 0 Å². The Balaban J connectivity index is 1.70. The fourth-order valence-corrected chi connectivity index (χ4v) is 3.37. The number of nitrogens with zero attached hydrogens (tertiary/aromatic N) is 2. The molecule has 28 heavy (non-hydrogen) atoms. The molecule has 8 heteroatoms. The number of methoxy groups -OCH3 is 1. The molecule has 1 aromatic carbocycles. The average molecular weight is 391 g/mol. The van der Waals surface area contributed by atoms with Gasteiger partial charge in [0.2, 0.25) is 5.91 Å². The highest BCUT2D eigenvalue weighted by atomic mass is 16.5. The van der Waals surface area contributed by atoms with E-state index in [0.29, 0.717) is 51.6 Å². The summed E-state index contributed by atoms with van der Waals surface area (Å²) in [5.74, 6) is 0.631. The standard InChI is InChI=1S/C20H29N3O5/c1-15-14-28-18-4-3-16(20(25)21-5-8-26-2)11-17(18)12-23(15)19(24)13-22-6-9-27-10-7-22/h3-4,11,15H,5-10,12-14H2,1-2H3,(H,21,25)/t15-/m0/s1. The Morgan fingerprint density at radius 3 is 2.82 bits per heavy atom. The number of amides is 2. The summed E-state index contributed by atoms with van der Waals surface area (Å²) in [6, 6.07) is 5.32. The van der Waals surface area contributed by atoms with Gasteiger partial charge in [0.05, 0.1) is 32.4 Å². The predicted molar refractivity (Wildman–Crippen MR) is 103 cm³/mol. The third kappa shape index (κ3) is 5.21. The normalized spacial score (nSPS) is 20.1. The van der Waals surface area contributed by atoms with Crippen LogP contribution >= 0.6 is 0 Å². The zero-order valence-corrected chi connectivity index (χ0v) is 16.6. The molecule has 154 valence electrons. The second-order valence-electron chi connectivity index (χ2n) is 7.14. The number of nitrogens with one attached hydrogen (secondary N) is 1. The van der Waals surface area contributed by atoms with Crippen LogP contribution in [-0.2, 0) is 20.8 Å². The number of ether oxygens (including phenoxy) is 3. The number of hydrogen-bond acceptors (Lipinski definition) is 6. The van der Waals surface area contributed by atoms with Crippen LogP contribution in [0, 0.1) is 0 Å². The van der Waals surface area contributed by atoms with E-state index in [9.17, 15) is 9.59 Å². The first kappa shape index (κ1) is 20.6. The SMILES string of the molecule is COCCNC(=O)c1ccc2c(c1)CN(C(=O)CN1CCOCC1)[C@@H](C)CO2. The molecule has 2 aliphatic heterocycles. The van der Waals surface area contributed by atoms with Crippen molar-refractivity contribution in [2.75, 3.05) is 59.7 Å². The van der Waals surface area contributed by atoms with Crippen LogP contribution in [0.25, 0.3) is 0 Å². The molecule has 2 aliphatic rings. The van der Waals surface area contributed by atoms with E-state index in [4.69, 9.17) is 14.2 Å². The molecule has 0 bridgehead atoms. The Morgan fingerprint density at radius 1 is 1.29 bits per heavy atom. The number of carbonyl (C=O) groups is 2. The largest absolute Gasteiger partial charge is 0.491 e. The summed E-state index contributed by atoms with van der Waals surface area (Å²) in [6.45, 7) is 7.00. The molecule has 1 N–H and O–H groups in total. The van der Waals surface area contributed by atoms with Gasteiger partial charge in [-0.2, -0.15) is 0 Å². The third-order valence-corrected chi connectivity index (χ3v) is 5.05. The van der Waals surface area contributed by atoms with Gasteiger partial charge in [-0.3, -0.25) is 14.5 Å². The van der Waals surface area contributed by atoms with Gasteiger partial charge >= 0.3 is 0 Å². The summed E-state index contributed by atoms with van der Waals surface area (Å²) >= 11 is 0. The molecule has 1 aromatic rings. The number of morpholine rings is 1. The lowest BCUT2D eigenvalue weighted by Gasteiger charge is -2.31. The zero-order chi connectivity index (χ0) is 19.9. The molecule has 0 aromatic heterocycles. The molecule has 0 spiro atoms. The van der Waals surface area contributed by atoms with Gasteiger partial charge in [-0.25, -0.2) is 0 Å². The third-order valence-electron chi connectivity index (χ3n) is 5.05. The number of rotatable bonds is 6. The molecule has 0 radical (unpaired) electrons. The summed E-state index contributed by atoms with van der Waals surface area (Å²) in [5.41, 5.74) is 1.40. The molecular weight excluding hydrogens is 362 g/mol. The first-order valence-corrected chi connectivity index (χ1v) is 9.71. The lowest BCUT2D eigenvalue weighted by molar-refractivity contribution is -0.136. The van der Waals surface area contributed by atoms with Crippen molar-refractivity contribution in [3.63, 3.8) is 0 Å². The molecule has 1 atom stereocenters. The summed E-state index contributed by atoms with van der Waals surface area (Å²) in [4.78, 5) is 29.2. The maximum atomic E-state index is 12.9. The lowest BCUT2D eigenvalue weighted by atomic mass is 10.1. The second kappa shape index (κ2) is 9.86. The van der Waals surface area contributed by atoms with Crippen LogP contribution in [0.5, 0.6) is 5.75 Å². The lowest BCUT2D eigenvalue weighted by Crippen LogP contribution is -2.47. The minimum absolute atomic E-state index is 0.0417. The Hall–Kier alpha value is -2.16. The van der Waals surface area contributed by atoms with Gasteiger partial charge in [0.1, 0.15) is 12.4 Å². The number of fused-ring (bicyclic) bond motifs is 1. The van der Waals surface area contributed by atoms with E-state index < -0.39 is 0 Å². The van der Waals surface area contributed by atoms with E-state index in [2.05, 4.69) is 10.2 Å². The van der Waals surface area contributed by atoms with E-state index >= 15 is 0 Å². The van der Waals surface area contributed by atoms with Crippen molar-refractivity contribution in [3.05, 3.63) is 29.3 Å². The van der Waals surface area contributed by atoms with Crippen LogP contribution < -0.4 is 10.1 Å². The van der Waals surface area contributed by atoms with Crippen LogP contribution in [0.3, 0.4) is 0 Å². The van der Waals surface area contributed by atoms with Crippen LogP contribution in [0.4, 0.5) is 0 Å². The van der Waals surface area contributed by atoms with E-state index in [1.54, 1.807) is 13.2 Å². The second-order valence-corrected chi connectivity index (χ2v) is 7.14. The number of hydrogen-bond donors (Lipinski definition) is 1. The minimum Gasteiger partial charge on any atom is -0.491 e. The maximum Gasteiger partial charge on any atom is 0.251 e. The smallest absolute Gasteiger partial charge is 0.251 e. The van der Waals surface area contributed by atoms with Crippen LogP contribution in [0.2, 0.25) is 0 Å². The first-order valence-electron chi connectivity index (χ1n) is 9.71. The Kier molecular flexibility index (Phi) is 7.24. The van der Waals surface area contributed by atoms with Crippen molar-refractivity contribution in [2.45, 2.75) is 19.5 Å². The topological polar surface area (TPSA) is 80.3 Å². The first-order chi connectivity index (χ1) is 13.6. The highest BCUT2D eigenvalue weighted by Crippen LogP contribution is 2.26. The van der Waals surface area contributed by atoms with Crippen LogP contribution in [-0.4, -0.2) is 87.4 Å². The molecule has 3 rings (SSSR count). The van der Waals surface area contributed by atoms with Crippen molar-refractivity contribution in [2.24, 2.45) is 0 Å². The predicted octanol–water partition coefficient (Wildman–Crippen LogP) is 0.505. The molecule has 8 nitrogen and oxygen atoms in total. The van der Waals surface area contributed by atoms with Gasteiger partial charge in [-0.15, -0.1) is 0 Å². The van der Waals surface area contributed by atoms with Crippen LogP contribution in [0.1, 0.15) is 22.8 Å². The fraction of sp³-hybridized carbons (Fsp3) is 0.600. The molecule has 2 heterocycles. The summed E-state index contributed by atoms with van der Waals surface area (Å²) < 4.78 is 16.2. The van der Waals surface area contributed by atoms with E-state index in [1.807, 2.05) is 24.0 Å². The average Bonchev–Trinajstić information content (AvgIpc) is 2.87. The Morgan fingerprint density at radius 2 is 2.07 bits per heavy atom. The van der Waals surface area contributed by atoms with Crippen molar-refractivity contribution in [3.8, 4) is 5.75 Å². The molecule has 1 fully saturated rings. The molecule has 0 saturated carbocycles. The summed E-state index contributed by atoms with van der Waals surface area (Å²) in [5, 5.41) is 2.82. The van der Waals surface area contributed by atoms with Crippen molar-refractivity contribution >= 4 is 11.8 Å². The molecule has 1 saturated heterocycles. The molecular formula is C20H29N3O5. The van der Waals surface area contributed by atoms with E-state index in [-0.39, 0.29) is 17.9 Å². The van der Waals surface area contributed by atoms with Gasteiger partial charge < -0.3 is 24.4 Å². The van der Waals surface area contributed by atoms with Gasteiger partial charge in [0, 0.05) is 44.4 Å². The molecule has 0 unspecified atom stereocenters. The zero-order valence-electron chi connectivity index (χ0n) is 16.6. The Labute approximate surface area is 165 Å². The van der Waals surface area contributed by atoms with Gasteiger partial charge in [-0.1, -0.05) is 0 Å². The monoisotopic (exact) mass is 391 g/mol. The summed E-state index contributed by atoms with van der Waals surface area (Å²) in [7, 11) is 1.59. The molecule has 2 amide bonds. The Bertz CT molecular complexity index is 690. The van der Waals surface area contributed by atoms with Crippen molar-refractivity contribution in [1.82, 2.24) is 15.1 Å². The minimum atomic E-state index is -0.164. The highest BCUT2D eigenvalue weighted by Gasteiger charge is 2.27. The van der Waals surface area contributed by atoms with Crippen molar-refractivity contribution in [1.29, 1.82) is 0 Å². The van der Waals surface area contributed by atoms with Gasteiger partial charge in [0.25, 0.3) is 5.91 Å². The van der Waals surface area contributed by atoms with Crippen LogP contribution in [0.15, 0.2) is 18.2 Å². The quantitative estimate of drug-likeness (QED) is 0.712. The maximum absolute atomic E-state index is 12.9. The molecule has 0 aliphatic carbocycles. The van der Waals surface area contributed by atoms with Gasteiger partial charge in [-0.05, 0) is 25.1 Å². The highest BCUT2D eigenvalue weighted by molar-refractivity contribution is 5.94. The fourth-order valence-electron chi connectivity index (χ4n) is 3.37. The summed E-state index contributed by atoms with van der Waals surface area (Å²) in [6.07, 6.45) is 0. The number of benzene rings is 1. The van der Waals surface area contributed by atoms with E-state index in [1.165, 1.54) is 0 Å².